The van der Waals surface area contributed by atoms with Gasteiger partial charge in [-0.2, -0.15) is 0 Å². The van der Waals surface area contributed by atoms with Gasteiger partial charge in [-0.05, 0) is 0 Å². The molecule has 0 radical (unpaired) electrons. The highest BCUT2D eigenvalue weighted by Crippen LogP contribution is 2.05. The van der Waals surface area contributed by atoms with Crippen LogP contribution in [0.4, 0.5) is 0 Å². The van der Waals surface area contributed by atoms with Gasteiger partial charge in [0.15, 0.2) is 5.84 Å². The number of aliphatic imine (C=N–C) groups is 2. The van der Waals surface area contributed by atoms with Crippen LogP contribution in [0.2, 0.25) is 0 Å². The third-order valence-electron chi connectivity index (χ3n) is 2.11. The fourth-order valence-electron chi connectivity index (χ4n) is 1.47. The first-order valence-electron chi connectivity index (χ1n) is 4.85. The van der Waals surface area contributed by atoms with E-state index < -0.39 is 0 Å². The number of hydroxylamine groups is 1. The van der Waals surface area contributed by atoms with Crippen LogP contribution in [-0.2, 0) is 4.84 Å². The number of nitrogens with zero attached hydrogens (tertiary/aromatic N) is 2. The summed E-state index contributed by atoms with van der Waals surface area (Å²) < 4.78 is 0. The maximum absolute atomic E-state index is 4.87. The molecule has 2 rings (SSSR count). The standard InChI is InChI=1S/C11H13N3O/c1-15-14-11-10(12-7-8-13-11)9-5-3-2-4-6-9/h2-6H,7-8H2,1H3,(H,13,14). The van der Waals surface area contributed by atoms with E-state index in [9.17, 15) is 0 Å². The van der Waals surface area contributed by atoms with Crippen molar-refractivity contribution < 1.29 is 4.84 Å². The lowest BCUT2D eigenvalue weighted by atomic mass is 10.1. The van der Waals surface area contributed by atoms with Gasteiger partial charge in [-0.3, -0.25) is 14.8 Å². The van der Waals surface area contributed by atoms with Crippen LogP contribution in [0.15, 0.2) is 40.3 Å². The van der Waals surface area contributed by atoms with Gasteiger partial charge >= 0.3 is 0 Å². The molecule has 0 bridgehead atoms. The predicted molar refractivity (Wildman–Crippen MR) is 60.3 cm³/mol. The zero-order valence-corrected chi connectivity index (χ0v) is 8.60. The SMILES string of the molecule is CONC1=NCCN=C1c1ccccc1. The van der Waals surface area contributed by atoms with E-state index in [1.807, 2.05) is 30.3 Å². The maximum Gasteiger partial charge on any atom is 0.171 e. The Bertz CT molecular complexity index is 384. The normalized spacial score (nSPS) is 15.5. The van der Waals surface area contributed by atoms with E-state index in [0.717, 1.165) is 17.8 Å². The van der Waals surface area contributed by atoms with E-state index >= 15 is 0 Å². The number of hydrogen-bond acceptors (Lipinski definition) is 4. The Hall–Kier alpha value is -1.68. The topological polar surface area (TPSA) is 46.0 Å². The maximum atomic E-state index is 4.87. The molecule has 0 atom stereocenters. The quantitative estimate of drug-likeness (QED) is 0.730. The Morgan fingerprint density at radius 2 is 1.87 bits per heavy atom. The van der Waals surface area contributed by atoms with Crippen LogP contribution in [0.25, 0.3) is 0 Å². The van der Waals surface area contributed by atoms with E-state index in [1.165, 1.54) is 0 Å². The number of benzene rings is 1. The highest BCUT2D eigenvalue weighted by molar-refractivity contribution is 6.47. The molecule has 1 aliphatic rings. The lowest BCUT2D eigenvalue weighted by molar-refractivity contribution is 0.146. The van der Waals surface area contributed by atoms with Crippen molar-refractivity contribution >= 4 is 11.5 Å². The highest BCUT2D eigenvalue weighted by atomic mass is 16.6. The Morgan fingerprint density at radius 3 is 2.60 bits per heavy atom. The molecular formula is C11H13N3O. The largest absolute Gasteiger partial charge is 0.279 e. The minimum atomic E-state index is 0.704. The van der Waals surface area contributed by atoms with Crippen LogP contribution in [0.3, 0.4) is 0 Å². The second-order valence-corrected chi connectivity index (χ2v) is 3.13. The molecule has 1 N–H and O–H groups in total. The Morgan fingerprint density at radius 1 is 1.13 bits per heavy atom. The van der Waals surface area contributed by atoms with E-state index in [2.05, 4.69) is 15.5 Å². The molecule has 0 saturated heterocycles. The summed E-state index contributed by atoms with van der Waals surface area (Å²) in [7, 11) is 1.57. The first-order chi connectivity index (χ1) is 7.42. The van der Waals surface area contributed by atoms with E-state index in [4.69, 9.17) is 4.84 Å². The van der Waals surface area contributed by atoms with E-state index in [0.29, 0.717) is 12.4 Å². The molecule has 78 valence electrons. The number of rotatable bonds is 2. The lowest BCUT2D eigenvalue weighted by Gasteiger charge is -2.14. The summed E-state index contributed by atoms with van der Waals surface area (Å²) in [5.74, 6) is 0.704. The van der Waals surface area contributed by atoms with Crippen LogP contribution >= 0.6 is 0 Å². The van der Waals surface area contributed by atoms with Gasteiger partial charge in [0.25, 0.3) is 0 Å². The Labute approximate surface area is 88.7 Å². The zero-order chi connectivity index (χ0) is 10.5. The molecule has 0 aromatic heterocycles. The lowest BCUT2D eigenvalue weighted by Crippen LogP contribution is -2.34. The van der Waals surface area contributed by atoms with Gasteiger partial charge in [-0.15, -0.1) is 0 Å². The minimum Gasteiger partial charge on any atom is -0.279 e. The molecule has 1 heterocycles. The average Bonchev–Trinajstić information content (AvgIpc) is 2.31. The smallest absolute Gasteiger partial charge is 0.171 e. The van der Waals surface area contributed by atoms with Crippen molar-refractivity contribution in [3.05, 3.63) is 35.9 Å². The minimum absolute atomic E-state index is 0.704. The third-order valence-corrected chi connectivity index (χ3v) is 2.11. The molecule has 4 heteroatoms. The monoisotopic (exact) mass is 203 g/mol. The summed E-state index contributed by atoms with van der Waals surface area (Å²) in [6.45, 7) is 1.45. The summed E-state index contributed by atoms with van der Waals surface area (Å²) in [6.07, 6.45) is 0. The number of nitrogens with one attached hydrogen (secondary N) is 1. The van der Waals surface area contributed by atoms with Crippen molar-refractivity contribution in [2.45, 2.75) is 0 Å². The molecule has 0 aliphatic carbocycles. The fourth-order valence-corrected chi connectivity index (χ4v) is 1.47. The molecule has 0 amide bonds. The predicted octanol–water partition coefficient (Wildman–Crippen LogP) is 1.04. The third kappa shape index (κ3) is 2.22. The molecular weight excluding hydrogens is 190 g/mol. The average molecular weight is 203 g/mol. The molecule has 0 fully saturated rings. The van der Waals surface area contributed by atoms with Gasteiger partial charge in [0.2, 0.25) is 0 Å². The first-order valence-corrected chi connectivity index (χ1v) is 4.85. The summed E-state index contributed by atoms with van der Waals surface area (Å²) >= 11 is 0. The van der Waals surface area contributed by atoms with Gasteiger partial charge in [-0.25, -0.2) is 5.48 Å². The molecule has 0 unspecified atom stereocenters. The molecule has 4 nitrogen and oxygen atoms in total. The van der Waals surface area contributed by atoms with E-state index in [1.54, 1.807) is 7.11 Å². The van der Waals surface area contributed by atoms with Crippen molar-refractivity contribution in [3.8, 4) is 0 Å². The number of amidine groups is 1. The number of hydrogen-bond donors (Lipinski definition) is 1. The van der Waals surface area contributed by atoms with Crippen LogP contribution in [0.1, 0.15) is 5.56 Å². The van der Waals surface area contributed by atoms with Crippen molar-refractivity contribution in [1.29, 1.82) is 0 Å². The molecule has 1 aromatic carbocycles. The molecule has 15 heavy (non-hydrogen) atoms. The van der Waals surface area contributed by atoms with Crippen LogP contribution in [0, 0.1) is 0 Å². The van der Waals surface area contributed by atoms with E-state index in [-0.39, 0.29) is 0 Å². The van der Waals surface area contributed by atoms with Crippen LogP contribution in [0.5, 0.6) is 0 Å². The summed E-state index contributed by atoms with van der Waals surface area (Å²) in [6, 6.07) is 9.97. The second kappa shape index (κ2) is 4.70. The van der Waals surface area contributed by atoms with Crippen molar-refractivity contribution in [3.63, 3.8) is 0 Å². The summed E-state index contributed by atoms with van der Waals surface area (Å²) in [4.78, 5) is 13.6. The van der Waals surface area contributed by atoms with Gasteiger partial charge in [0.1, 0.15) is 5.71 Å². The van der Waals surface area contributed by atoms with Crippen molar-refractivity contribution in [1.82, 2.24) is 5.48 Å². The molecule has 1 aromatic rings. The van der Waals surface area contributed by atoms with Crippen LogP contribution in [-0.4, -0.2) is 31.7 Å². The fraction of sp³-hybridized carbons (Fsp3) is 0.273. The Balaban J connectivity index is 2.27. The summed E-state index contributed by atoms with van der Waals surface area (Å²) in [5, 5.41) is 0. The van der Waals surface area contributed by atoms with Gasteiger partial charge in [0, 0.05) is 5.56 Å². The van der Waals surface area contributed by atoms with Crippen molar-refractivity contribution in [2.24, 2.45) is 9.98 Å². The zero-order valence-electron chi connectivity index (χ0n) is 8.60. The summed E-state index contributed by atoms with van der Waals surface area (Å²) in [5.41, 5.74) is 4.67. The van der Waals surface area contributed by atoms with Gasteiger partial charge in [0.05, 0.1) is 20.2 Å². The molecule has 0 spiro atoms. The van der Waals surface area contributed by atoms with Crippen molar-refractivity contribution in [2.75, 3.05) is 20.2 Å². The first kappa shape index (κ1) is 9.86. The molecule has 0 saturated carbocycles. The van der Waals surface area contributed by atoms with Gasteiger partial charge in [-0.1, -0.05) is 30.3 Å². The Kier molecular flexibility index (Phi) is 3.09. The molecule has 1 aliphatic heterocycles. The highest BCUT2D eigenvalue weighted by Gasteiger charge is 2.13. The second-order valence-electron chi connectivity index (χ2n) is 3.13. The van der Waals surface area contributed by atoms with Crippen LogP contribution < -0.4 is 5.48 Å². The van der Waals surface area contributed by atoms with Gasteiger partial charge < -0.3 is 0 Å².